The summed E-state index contributed by atoms with van der Waals surface area (Å²) >= 11 is 1.53. The summed E-state index contributed by atoms with van der Waals surface area (Å²) in [6.45, 7) is 5.73. The van der Waals surface area contributed by atoms with Gasteiger partial charge in [0.25, 0.3) is 5.91 Å². The quantitative estimate of drug-likeness (QED) is 0.894. The van der Waals surface area contributed by atoms with Crippen molar-refractivity contribution in [2.45, 2.75) is 26.9 Å². The first kappa shape index (κ1) is 13.8. The molecule has 102 valence electrons. The molecule has 1 amide bonds. The van der Waals surface area contributed by atoms with Gasteiger partial charge in [-0.15, -0.1) is 11.3 Å². The summed E-state index contributed by atoms with van der Waals surface area (Å²) in [5.74, 6) is -0.170. The molecule has 0 fully saturated rings. The molecular formula is C13H17N3O2S. The van der Waals surface area contributed by atoms with Gasteiger partial charge in [-0.25, -0.2) is 4.98 Å². The molecular weight excluding hydrogens is 262 g/mol. The first-order valence-electron chi connectivity index (χ1n) is 6.05. The zero-order valence-corrected chi connectivity index (χ0v) is 12.0. The van der Waals surface area contributed by atoms with Gasteiger partial charge in [0, 0.05) is 29.5 Å². The summed E-state index contributed by atoms with van der Waals surface area (Å²) in [5.41, 5.74) is 2.44. The molecule has 2 aromatic rings. The topological polar surface area (TPSA) is 67.2 Å². The van der Waals surface area contributed by atoms with Gasteiger partial charge in [-0.2, -0.15) is 0 Å². The van der Waals surface area contributed by atoms with Gasteiger partial charge in [-0.05, 0) is 26.8 Å². The van der Waals surface area contributed by atoms with Crippen molar-refractivity contribution in [2.24, 2.45) is 0 Å². The van der Waals surface area contributed by atoms with Crippen LogP contribution >= 0.6 is 11.3 Å². The summed E-state index contributed by atoms with van der Waals surface area (Å²) in [5, 5.41) is 14.7. The molecule has 19 heavy (non-hydrogen) atoms. The zero-order chi connectivity index (χ0) is 14.0. The van der Waals surface area contributed by atoms with Crippen LogP contribution in [-0.2, 0) is 0 Å². The van der Waals surface area contributed by atoms with Gasteiger partial charge in [0.2, 0.25) is 0 Å². The largest absolute Gasteiger partial charge is 0.392 e. The van der Waals surface area contributed by atoms with Crippen LogP contribution in [0.2, 0.25) is 0 Å². The summed E-state index contributed by atoms with van der Waals surface area (Å²) in [6.07, 6.45) is 1.19. The lowest BCUT2D eigenvalue weighted by Crippen LogP contribution is -2.30. The third kappa shape index (κ3) is 2.85. The standard InChI is InChI=1S/C13H17N3O2S/c1-8-6-11(12(18)15-7-9(2)17)10(3)16(8)13-14-4-5-19-13/h4-6,9,17H,7H2,1-3H3,(H,15,18). The van der Waals surface area contributed by atoms with Crippen molar-refractivity contribution in [1.82, 2.24) is 14.9 Å². The Labute approximate surface area is 115 Å². The van der Waals surface area contributed by atoms with Crippen LogP contribution in [-0.4, -0.2) is 33.2 Å². The van der Waals surface area contributed by atoms with Crippen LogP contribution in [0, 0.1) is 13.8 Å². The first-order chi connectivity index (χ1) is 9.00. The molecule has 0 aliphatic rings. The minimum absolute atomic E-state index is 0.170. The molecule has 0 bridgehead atoms. The SMILES string of the molecule is Cc1cc(C(=O)NCC(C)O)c(C)n1-c1nccs1. The first-order valence-corrected chi connectivity index (χ1v) is 6.93. The van der Waals surface area contributed by atoms with Crippen LogP contribution in [0.15, 0.2) is 17.6 Å². The molecule has 0 radical (unpaired) electrons. The molecule has 1 atom stereocenters. The Morgan fingerprint density at radius 3 is 2.89 bits per heavy atom. The number of thiazole rings is 1. The maximum atomic E-state index is 12.1. The van der Waals surface area contributed by atoms with Crippen molar-refractivity contribution < 1.29 is 9.90 Å². The molecule has 0 aromatic carbocycles. The van der Waals surface area contributed by atoms with Crippen LogP contribution < -0.4 is 5.32 Å². The number of carbonyl (C=O) groups is 1. The maximum absolute atomic E-state index is 12.1. The van der Waals surface area contributed by atoms with E-state index in [0.717, 1.165) is 16.5 Å². The van der Waals surface area contributed by atoms with Crippen LogP contribution in [0.5, 0.6) is 0 Å². The molecule has 2 aromatic heterocycles. The minimum atomic E-state index is -0.550. The van der Waals surface area contributed by atoms with Crippen molar-refractivity contribution in [1.29, 1.82) is 0 Å². The van der Waals surface area contributed by atoms with Crippen molar-refractivity contribution in [3.05, 3.63) is 34.6 Å². The average molecular weight is 279 g/mol. The lowest BCUT2D eigenvalue weighted by atomic mass is 10.2. The Hall–Kier alpha value is -1.66. The van der Waals surface area contributed by atoms with E-state index in [1.54, 1.807) is 13.1 Å². The third-order valence-corrected chi connectivity index (χ3v) is 3.60. The molecule has 1 unspecified atom stereocenters. The number of nitrogens with zero attached hydrogens (tertiary/aromatic N) is 2. The van der Waals surface area contributed by atoms with Gasteiger partial charge in [-0.1, -0.05) is 0 Å². The Bertz CT molecular complexity index is 573. The van der Waals surface area contributed by atoms with E-state index in [0.29, 0.717) is 5.56 Å². The molecule has 6 heteroatoms. The van der Waals surface area contributed by atoms with Crippen LogP contribution in [0.25, 0.3) is 5.13 Å². The van der Waals surface area contributed by atoms with Gasteiger partial charge >= 0.3 is 0 Å². The van der Waals surface area contributed by atoms with Gasteiger partial charge in [0.1, 0.15) is 0 Å². The second kappa shape index (κ2) is 5.54. The van der Waals surface area contributed by atoms with Gasteiger partial charge < -0.3 is 10.4 Å². The number of rotatable bonds is 4. The molecule has 0 aliphatic heterocycles. The number of aryl methyl sites for hydroxylation is 1. The predicted octanol–water partition coefficient (Wildman–Crippen LogP) is 1.66. The number of nitrogens with one attached hydrogen (secondary N) is 1. The number of aromatic nitrogens is 2. The highest BCUT2D eigenvalue weighted by atomic mass is 32.1. The lowest BCUT2D eigenvalue weighted by molar-refractivity contribution is 0.0923. The van der Waals surface area contributed by atoms with E-state index < -0.39 is 6.10 Å². The second-order valence-corrected chi connectivity index (χ2v) is 5.37. The van der Waals surface area contributed by atoms with Crippen molar-refractivity contribution in [3.8, 4) is 5.13 Å². The van der Waals surface area contributed by atoms with Crippen molar-refractivity contribution in [3.63, 3.8) is 0 Å². The highest BCUT2D eigenvalue weighted by molar-refractivity contribution is 7.12. The number of amides is 1. The fraction of sp³-hybridized carbons (Fsp3) is 0.385. The summed E-state index contributed by atoms with van der Waals surface area (Å²) in [7, 11) is 0. The monoisotopic (exact) mass is 279 g/mol. The molecule has 0 saturated heterocycles. The maximum Gasteiger partial charge on any atom is 0.253 e. The van der Waals surface area contributed by atoms with Crippen LogP contribution in [0.4, 0.5) is 0 Å². The van der Waals surface area contributed by atoms with Crippen LogP contribution in [0.3, 0.4) is 0 Å². The number of carbonyl (C=O) groups excluding carboxylic acids is 1. The highest BCUT2D eigenvalue weighted by Gasteiger charge is 2.17. The van der Waals surface area contributed by atoms with E-state index in [4.69, 9.17) is 0 Å². The highest BCUT2D eigenvalue weighted by Crippen LogP contribution is 2.22. The van der Waals surface area contributed by atoms with Gasteiger partial charge in [0.05, 0.1) is 11.7 Å². The number of hydrogen-bond donors (Lipinski definition) is 2. The zero-order valence-electron chi connectivity index (χ0n) is 11.2. The number of aliphatic hydroxyl groups is 1. The Balaban J connectivity index is 2.29. The predicted molar refractivity (Wildman–Crippen MR) is 74.9 cm³/mol. The molecule has 0 spiro atoms. The fourth-order valence-electron chi connectivity index (χ4n) is 1.95. The summed E-state index contributed by atoms with van der Waals surface area (Å²) < 4.78 is 1.96. The van der Waals surface area contributed by atoms with E-state index in [1.165, 1.54) is 11.3 Å². The second-order valence-electron chi connectivity index (χ2n) is 4.49. The molecule has 0 saturated carbocycles. The van der Waals surface area contributed by atoms with Crippen molar-refractivity contribution in [2.75, 3.05) is 6.54 Å². The molecule has 5 nitrogen and oxygen atoms in total. The van der Waals surface area contributed by atoms with E-state index in [2.05, 4.69) is 10.3 Å². The average Bonchev–Trinajstić information content (AvgIpc) is 2.94. The van der Waals surface area contributed by atoms with Gasteiger partial charge in [-0.3, -0.25) is 9.36 Å². The Morgan fingerprint density at radius 2 is 2.32 bits per heavy atom. The Kier molecular flexibility index (Phi) is 4.01. The third-order valence-electron chi connectivity index (χ3n) is 2.84. The number of hydrogen-bond acceptors (Lipinski definition) is 4. The summed E-state index contributed by atoms with van der Waals surface area (Å²) in [4.78, 5) is 16.3. The van der Waals surface area contributed by atoms with E-state index >= 15 is 0 Å². The molecule has 0 aliphatic carbocycles. The van der Waals surface area contributed by atoms with Gasteiger partial charge in [0.15, 0.2) is 5.13 Å². The fourth-order valence-corrected chi connectivity index (χ4v) is 2.70. The van der Waals surface area contributed by atoms with Crippen LogP contribution in [0.1, 0.15) is 28.7 Å². The summed E-state index contributed by atoms with van der Waals surface area (Å²) in [6, 6.07) is 1.84. The number of aliphatic hydroxyl groups excluding tert-OH is 1. The molecule has 2 N–H and O–H groups in total. The minimum Gasteiger partial charge on any atom is -0.392 e. The molecule has 2 rings (SSSR count). The smallest absolute Gasteiger partial charge is 0.253 e. The van der Waals surface area contributed by atoms with E-state index in [1.807, 2.05) is 29.9 Å². The normalized spacial score (nSPS) is 12.4. The van der Waals surface area contributed by atoms with E-state index in [-0.39, 0.29) is 12.5 Å². The Morgan fingerprint density at radius 1 is 1.58 bits per heavy atom. The van der Waals surface area contributed by atoms with Crippen molar-refractivity contribution >= 4 is 17.2 Å². The molecule has 2 heterocycles. The lowest BCUT2D eigenvalue weighted by Gasteiger charge is -2.08. The van der Waals surface area contributed by atoms with E-state index in [9.17, 15) is 9.90 Å².